The Bertz CT molecular complexity index is 812. The van der Waals surface area contributed by atoms with Gasteiger partial charge in [-0.1, -0.05) is 19.4 Å². The number of carbonyl (C=O) groups excluding carboxylic acids is 4. The fraction of sp³-hybridized carbons (Fsp3) is 0.739. The Hall–Kier alpha value is -1.98. The second-order valence-electron chi connectivity index (χ2n) is 9.86. The molecule has 1 unspecified atom stereocenters. The summed E-state index contributed by atoms with van der Waals surface area (Å²) in [7, 11) is 0. The first-order chi connectivity index (χ1) is 13.6. The van der Waals surface area contributed by atoms with Crippen molar-refractivity contribution in [1.29, 1.82) is 0 Å². The highest BCUT2D eigenvalue weighted by molar-refractivity contribution is 5.98. The van der Waals surface area contributed by atoms with E-state index in [0.29, 0.717) is 12.8 Å². The molecular formula is C23H30O6. The molecule has 3 saturated carbocycles. The van der Waals surface area contributed by atoms with Gasteiger partial charge in [-0.25, -0.2) is 0 Å². The normalized spacial score (nSPS) is 43.6. The highest BCUT2D eigenvalue weighted by Crippen LogP contribution is 2.63. The maximum atomic E-state index is 13.3. The summed E-state index contributed by atoms with van der Waals surface area (Å²) in [6.45, 7) is 6.93. The van der Waals surface area contributed by atoms with Crippen LogP contribution in [0.5, 0.6) is 0 Å². The van der Waals surface area contributed by atoms with Gasteiger partial charge >= 0.3 is 11.9 Å². The summed E-state index contributed by atoms with van der Waals surface area (Å²) >= 11 is 0. The number of fused-ring (bicyclic) bond motifs is 5. The lowest BCUT2D eigenvalue weighted by Crippen LogP contribution is -2.53. The van der Waals surface area contributed by atoms with E-state index in [1.807, 2.05) is 6.92 Å². The average molecular weight is 402 g/mol. The van der Waals surface area contributed by atoms with E-state index in [4.69, 9.17) is 9.47 Å². The number of Topliss-reactive ketones (excluding diaryl/α,β-unsaturated/α-hetero) is 1. The molecule has 6 heteroatoms. The first kappa shape index (κ1) is 20.3. The molecule has 0 bridgehead atoms. The molecule has 0 aromatic rings. The van der Waals surface area contributed by atoms with Crippen molar-refractivity contribution in [2.45, 2.75) is 78.4 Å². The van der Waals surface area contributed by atoms with Gasteiger partial charge in [-0.05, 0) is 55.4 Å². The van der Waals surface area contributed by atoms with Crippen molar-refractivity contribution in [3.05, 3.63) is 11.6 Å². The fourth-order valence-electron chi connectivity index (χ4n) is 6.78. The van der Waals surface area contributed by atoms with Crippen molar-refractivity contribution in [3.8, 4) is 0 Å². The summed E-state index contributed by atoms with van der Waals surface area (Å²) in [6.07, 6.45) is 5.13. The van der Waals surface area contributed by atoms with Gasteiger partial charge in [0.15, 0.2) is 17.7 Å². The number of hydrogen-bond donors (Lipinski definition) is 0. The van der Waals surface area contributed by atoms with Gasteiger partial charge in [0, 0.05) is 31.6 Å². The number of rotatable bonds is 2. The Labute approximate surface area is 171 Å². The van der Waals surface area contributed by atoms with E-state index in [1.54, 1.807) is 6.08 Å². The molecule has 0 spiro atoms. The van der Waals surface area contributed by atoms with Crippen LogP contribution in [0.2, 0.25) is 0 Å². The minimum Gasteiger partial charge on any atom is -0.462 e. The van der Waals surface area contributed by atoms with Gasteiger partial charge in [0.2, 0.25) is 0 Å². The molecule has 4 rings (SSSR count). The molecule has 0 saturated heterocycles. The van der Waals surface area contributed by atoms with Gasteiger partial charge in [0.1, 0.15) is 6.10 Å². The van der Waals surface area contributed by atoms with Crippen molar-refractivity contribution < 1.29 is 28.7 Å². The van der Waals surface area contributed by atoms with Gasteiger partial charge in [0.05, 0.1) is 0 Å². The summed E-state index contributed by atoms with van der Waals surface area (Å²) < 4.78 is 10.7. The maximum Gasteiger partial charge on any atom is 0.303 e. The summed E-state index contributed by atoms with van der Waals surface area (Å²) in [5.74, 6) is -0.803. The smallest absolute Gasteiger partial charge is 0.303 e. The van der Waals surface area contributed by atoms with Gasteiger partial charge in [-0.15, -0.1) is 0 Å². The van der Waals surface area contributed by atoms with Crippen LogP contribution in [0.4, 0.5) is 0 Å². The zero-order chi connectivity index (χ0) is 21.1. The standard InChI is InChI=1S/C23H30O6/c1-12(24)28-15-5-7-22(3)14(9-15)10-18(26)20-16(22)6-8-23(4)17(20)11-19(21(23)27)29-13(2)25/h10,15-17,19-20H,5-9,11H2,1-4H3/t15-,16-,17-,19?,20+,22-,23-/m0/s1. The monoisotopic (exact) mass is 402 g/mol. The quantitative estimate of drug-likeness (QED) is 0.660. The third-order valence-electron chi connectivity index (χ3n) is 8.25. The van der Waals surface area contributed by atoms with Gasteiger partial charge in [-0.3, -0.25) is 19.2 Å². The predicted octanol–water partition coefficient (Wildman–Crippen LogP) is 3.17. The Morgan fingerprint density at radius 1 is 0.966 bits per heavy atom. The van der Waals surface area contributed by atoms with E-state index in [2.05, 4.69) is 6.92 Å². The lowest BCUT2D eigenvalue weighted by molar-refractivity contribution is -0.154. The molecule has 0 aromatic carbocycles. The zero-order valence-electron chi connectivity index (χ0n) is 17.7. The minimum absolute atomic E-state index is 0.0255. The molecule has 6 nitrogen and oxygen atoms in total. The van der Waals surface area contributed by atoms with Crippen LogP contribution in [0.1, 0.15) is 66.2 Å². The van der Waals surface area contributed by atoms with E-state index in [9.17, 15) is 19.2 Å². The summed E-state index contributed by atoms with van der Waals surface area (Å²) in [5.41, 5.74) is 0.373. The van der Waals surface area contributed by atoms with E-state index in [0.717, 1.165) is 31.3 Å². The second kappa shape index (κ2) is 6.78. The number of carbonyl (C=O) groups is 4. The largest absolute Gasteiger partial charge is 0.462 e. The molecule has 158 valence electrons. The summed E-state index contributed by atoms with van der Waals surface area (Å²) in [6, 6.07) is 0. The number of ketones is 2. The van der Waals surface area contributed by atoms with Gasteiger partial charge in [-0.2, -0.15) is 0 Å². The van der Waals surface area contributed by atoms with Gasteiger partial charge < -0.3 is 9.47 Å². The second-order valence-corrected chi connectivity index (χ2v) is 9.86. The van der Waals surface area contributed by atoms with Crippen LogP contribution in [-0.4, -0.2) is 35.7 Å². The highest BCUT2D eigenvalue weighted by atomic mass is 16.5. The fourth-order valence-corrected chi connectivity index (χ4v) is 6.78. The minimum atomic E-state index is -0.730. The zero-order valence-corrected chi connectivity index (χ0v) is 17.7. The van der Waals surface area contributed by atoms with Crippen molar-refractivity contribution in [2.24, 2.45) is 28.6 Å². The number of ether oxygens (including phenoxy) is 2. The first-order valence-electron chi connectivity index (χ1n) is 10.7. The SMILES string of the molecule is CC(=O)OC1C[C@H]2[C@@H]3C(=O)C=C4C[C@@H](OC(C)=O)CC[C@]4(C)[C@H]3CC[C@]2(C)C1=O. The van der Waals surface area contributed by atoms with Crippen LogP contribution in [-0.2, 0) is 28.7 Å². The molecular weight excluding hydrogens is 372 g/mol. The molecule has 0 aliphatic heterocycles. The molecule has 7 atom stereocenters. The van der Waals surface area contributed by atoms with Gasteiger partial charge in [0.25, 0.3) is 0 Å². The highest BCUT2D eigenvalue weighted by Gasteiger charge is 2.64. The Morgan fingerprint density at radius 2 is 1.62 bits per heavy atom. The Kier molecular flexibility index (Phi) is 4.74. The van der Waals surface area contributed by atoms with Crippen molar-refractivity contribution in [3.63, 3.8) is 0 Å². The number of esters is 2. The average Bonchev–Trinajstić information content (AvgIpc) is 2.87. The molecule has 3 fully saturated rings. The molecule has 0 aromatic heterocycles. The van der Waals surface area contributed by atoms with E-state index in [-0.39, 0.29) is 46.8 Å². The maximum absolute atomic E-state index is 13.3. The molecule has 4 aliphatic carbocycles. The third-order valence-corrected chi connectivity index (χ3v) is 8.25. The van der Waals surface area contributed by atoms with Crippen LogP contribution < -0.4 is 0 Å². The molecule has 0 N–H and O–H groups in total. The van der Waals surface area contributed by atoms with E-state index in [1.165, 1.54) is 13.8 Å². The number of hydrogen-bond acceptors (Lipinski definition) is 6. The number of allylic oxidation sites excluding steroid dienone is 1. The van der Waals surface area contributed by atoms with Crippen molar-refractivity contribution in [2.75, 3.05) is 0 Å². The topological polar surface area (TPSA) is 86.7 Å². The van der Waals surface area contributed by atoms with Crippen molar-refractivity contribution >= 4 is 23.5 Å². The van der Waals surface area contributed by atoms with Crippen LogP contribution in [0.15, 0.2) is 11.6 Å². The van der Waals surface area contributed by atoms with E-state index >= 15 is 0 Å². The van der Waals surface area contributed by atoms with Crippen LogP contribution in [0.25, 0.3) is 0 Å². The molecule has 4 aliphatic rings. The lowest BCUT2D eigenvalue weighted by Gasteiger charge is -2.55. The van der Waals surface area contributed by atoms with Crippen LogP contribution >= 0.6 is 0 Å². The van der Waals surface area contributed by atoms with Crippen molar-refractivity contribution in [1.82, 2.24) is 0 Å². The summed E-state index contributed by atoms with van der Waals surface area (Å²) in [5, 5.41) is 0. The molecule has 0 heterocycles. The Balaban J connectivity index is 1.65. The lowest BCUT2D eigenvalue weighted by atomic mass is 9.48. The van der Waals surface area contributed by atoms with E-state index < -0.39 is 17.5 Å². The predicted molar refractivity (Wildman–Crippen MR) is 104 cm³/mol. The molecule has 29 heavy (non-hydrogen) atoms. The molecule has 0 radical (unpaired) electrons. The summed E-state index contributed by atoms with van der Waals surface area (Å²) in [4.78, 5) is 49.1. The first-order valence-corrected chi connectivity index (χ1v) is 10.7. The van der Waals surface area contributed by atoms with Crippen LogP contribution in [0.3, 0.4) is 0 Å². The third kappa shape index (κ3) is 3.06. The van der Waals surface area contributed by atoms with Crippen LogP contribution in [0, 0.1) is 28.6 Å². The Morgan fingerprint density at radius 3 is 2.28 bits per heavy atom. The molecule has 0 amide bonds.